The van der Waals surface area contributed by atoms with Gasteiger partial charge in [-0.05, 0) is 89.5 Å². The Balaban J connectivity index is 1.11. The van der Waals surface area contributed by atoms with Gasteiger partial charge in [-0.3, -0.25) is 0 Å². The SMILES string of the molecule is c1ccc(N(c2ccccc2)c2ccc(N(c3ccc4c(c3)oc3ccccc34)c3cccc4c3-c3ccccc3C43c4ccccc4Oc4ccccc43)c3ccccc23)cc1. The van der Waals surface area contributed by atoms with Crippen molar-refractivity contribution in [2.45, 2.75) is 5.41 Å². The number of fused-ring (bicyclic) bond motifs is 13. The van der Waals surface area contributed by atoms with Gasteiger partial charge in [0.2, 0.25) is 0 Å². The smallest absolute Gasteiger partial charge is 0.137 e. The normalized spacial score (nSPS) is 13.0. The first-order valence-electron chi connectivity index (χ1n) is 21.5. The molecule has 0 saturated carbocycles. The van der Waals surface area contributed by atoms with Crippen molar-refractivity contribution in [3.8, 4) is 22.6 Å². The Kier molecular flexibility index (Phi) is 7.79. The van der Waals surface area contributed by atoms with Crippen LogP contribution in [0, 0.1) is 0 Å². The molecule has 296 valence electrons. The summed E-state index contributed by atoms with van der Waals surface area (Å²) in [5, 5.41) is 4.45. The molecule has 0 atom stereocenters. The lowest BCUT2D eigenvalue weighted by atomic mass is 9.66. The van der Waals surface area contributed by atoms with Crippen molar-refractivity contribution in [2.24, 2.45) is 0 Å². The highest BCUT2D eigenvalue weighted by Crippen LogP contribution is 2.64. The number of furan rings is 1. The predicted octanol–water partition coefficient (Wildman–Crippen LogP) is 16.1. The van der Waals surface area contributed by atoms with Gasteiger partial charge in [0.25, 0.3) is 0 Å². The first-order valence-corrected chi connectivity index (χ1v) is 21.5. The van der Waals surface area contributed by atoms with Gasteiger partial charge in [-0.25, -0.2) is 0 Å². The fraction of sp³-hybridized carbons (Fsp3) is 0.0169. The third-order valence-electron chi connectivity index (χ3n) is 13.1. The van der Waals surface area contributed by atoms with E-state index in [1.807, 2.05) is 12.1 Å². The van der Waals surface area contributed by atoms with Crippen LogP contribution in [-0.4, -0.2) is 0 Å². The molecule has 63 heavy (non-hydrogen) atoms. The summed E-state index contributed by atoms with van der Waals surface area (Å²) in [7, 11) is 0. The summed E-state index contributed by atoms with van der Waals surface area (Å²) < 4.78 is 13.3. The Morgan fingerprint density at radius 2 is 0.841 bits per heavy atom. The molecule has 0 bridgehead atoms. The molecule has 1 aliphatic heterocycles. The van der Waals surface area contributed by atoms with Gasteiger partial charge in [-0.15, -0.1) is 0 Å². The number of ether oxygens (including phenoxy) is 1. The average molecular weight is 807 g/mol. The van der Waals surface area contributed by atoms with E-state index in [1.54, 1.807) is 0 Å². The van der Waals surface area contributed by atoms with E-state index in [0.29, 0.717) is 0 Å². The largest absolute Gasteiger partial charge is 0.457 e. The molecule has 13 rings (SSSR count). The van der Waals surface area contributed by atoms with E-state index in [-0.39, 0.29) is 0 Å². The van der Waals surface area contributed by atoms with Crippen LogP contribution in [0.3, 0.4) is 0 Å². The molecule has 0 N–H and O–H groups in total. The lowest BCUT2D eigenvalue weighted by Crippen LogP contribution is -2.32. The van der Waals surface area contributed by atoms with Crippen LogP contribution < -0.4 is 14.5 Å². The van der Waals surface area contributed by atoms with Crippen LogP contribution in [-0.2, 0) is 5.41 Å². The van der Waals surface area contributed by atoms with Gasteiger partial charge in [0.1, 0.15) is 22.7 Å². The van der Waals surface area contributed by atoms with Crippen LogP contribution >= 0.6 is 0 Å². The second-order valence-corrected chi connectivity index (χ2v) is 16.4. The lowest BCUT2D eigenvalue weighted by molar-refractivity contribution is 0.436. The molecular weight excluding hydrogens is 769 g/mol. The molecule has 4 heteroatoms. The number of rotatable bonds is 6. The third kappa shape index (κ3) is 5.16. The van der Waals surface area contributed by atoms with Crippen molar-refractivity contribution in [3.63, 3.8) is 0 Å². The fourth-order valence-corrected chi connectivity index (χ4v) is 10.6. The van der Waals surface area contributed by atoms with E-state index in [1.165, 1.54) is 22.3 Å². The Labute approximate surface area is 365 Å². The van der Waals surface area contributed by atoms with Gasteiger partial charge in [-0.2, -0.15) is 0 Å². The van der Waals surface area contributed by atoms with E-state index in [0.717, 1.165) is 89.5 Å². The highest BCUT2D eigenvalue weighted by molar-refractivity contribution is 6.11. The van der Waals surface area contributed by atoms with E-state index < -0.39 is 5.41 Å². The number of para-hydroxylation sites is 5. The number of benzene rings is 10. The number of nitrogens with zero attached hydrogens (tertiary/aromatic N) is 2. The number of hydrogen-bond acceptors (Lipinski definition) is 4. The summed E-state index contributed by atoms with van der Waals surface area (Å²) in [6.45, 7) is 0. The zero-order chi connectivity index (χ0) is 41.5. The van der Waals surface area contributed by atoms with Crippen LogP contribution in [0.5, 0.6) is 11.5 Å². The quantitative estimate of drug-likeness (QED) is 0.167. The summed E-state index contributed by atoms with van der Waals surface area (Å²) >= 11 is 0. The van der Waals surface area contributed by atoms with Gasteiger partial charge in [0.05, 0.1) is 22.5 Å². The zero-order valence-corrected chi connectivity index (χ0v) is 34.2. The minimum absolute atomic E-state index is 0.612. The molecule has 0 fully saturated rings. The number of anilines is 6. The lowest BCUT2D eigenvalue weighted by Gasteiger charge is -2.39. The molecule has 10 aromatic carbocycles. The maximum absolute atomic E-state index is 6.69. The third-order valence-corrected chi connectivity index (χ3v) is 13.1. The van der Waals surface area contributed by atoms with Crippen LogP contribution in [0.15, 0.2) is 235 Å². The average Bonchev–Trinajstić information content (AvgIpc) is 3.87. The minimum atomic E-state index is -0.612. The molecule has 2 heterocycles. The molecule has 2 aliphatic rings. The predicted molar refractivity (Wildman–Crippen MR) is 258 cm³/mol. The molecule has 11 aromatic rings. The van der Waals surface area contributed by atoms with E-state index >= 15 is 0 Å². The summed E-state index contributed by atoms with van der Waals surface area (Å²) in [6, 6.07) is 82.6. The first-order chi connectivity index (χ1) is 31.3. The first kappa shape index (κ1) is 35.4. The second-order valence-electron chi connectivity index (χ2n) is 16.4. The van der Waals surface area contributed by atoms with Crippen molar-refractivity contribution in [1.29, 1.82) is 0 Å². The fourth-order valence-electron chi connectivity index (χ4n) is 10.6. The summed E-state index contributed by atoms with van der Waals surface area (Å²) in [6.07, 6.45) is 0. The Morgan fingerprint density at radius 3 is 1.52 bits per heavy atom. The van der Waals surface area contributed by atoms with Crippen molar-refractivity contribution < 1.29 is 9.15 Å². The van der Waals surface area contributed by atoms with E-state index in [2.05, 4.69) is 228 Å². The van der Waals surface area contributed by atoms with Crippen molar-refractivity contribution in [3.05, 3.63) is 253 Å². The molecule has 1 aromatic heterocycles. The summed E-state index contributed by atoms with van der Waals surface area (Å²) in [5.74, 6) is 1.75. The molecule has 1 spiro atoms. The summed E-state index contributed by atoms with van der Waals surface area (Å²) in [5.41, 5.74) is 14.7. The second kappa shape index (κ2) is 13.8. The standard InChI is InChI=1S/C59H38N2O2/c1-3-18-39(19-4-1)60(40-20-5-2-6-21-40)51-36-37-52(43-23-8-7-22-42(43)51)61(41-34-35-45-44-24-10-14-31-54(44)62-57(45)38-41)53-30-17-29-50-58(53)46-25-9-11-26-47(46)59(50)48-27-12-15-32-55(48)63-56-33-16-13-28-49(56)59/h1-38H. The van der Waals surface area contributed by atoms with Crippen LogP contribution in [0.4, 0.5) is 34.1 Å². The van der Waals surface area contributed by atoms with Gasteiger partial charge in [-0.1, -0.05) is 152 Å². The van der Waals surface area contributed by atoms with E-state index in [4.69, 9.17) is 9.15 Å². The van der Waals surface area contributed by atoms with Crippen molar-refractivity contribution >= 4 is 66.8 Å². The molecule has 0 unspecified atom stereocenters. The van der Waals surface area contributed by atoms with Crippen molar-refractivity contribution in [1.82, 2.24) is 0 Å². The van der Waals surface area contributed by atoms with Gasteiger partial charge >= 0.3 is 0 Å². The zero-order valence-electron chi connectivity index (χ0n) is 34.2. The van der Waals surface area contributed by atoms with Gasteiger partial charge < -0.3 is 19.0 Å². The topological polar surface area (TPSA) is 28.9 Å². The minimum Gasteiger partial charge on any atom is -0.457 e. The Bertz CT molecular complexity index is 3490. The molecule has 0 saturated heterocycles. The van der Waals surface area contributed by atoms with Gasteiger partial charge in [0.15, 0.2) is 0 Å². The maximum Gasteiger partial charge on any atom is 0.137 e. The van der Waals surface area contributed by atoms with Crippen LogP contribution in [0.25, 0.3) is 43.8 Å². The van der Waals surface area contributed by atoms with Gasteiger partial charge in [0, 0.05) is 61.4 Å². The van der Waals surface area contributed by atoms with Crippen molar-refractivity contribution in [2.75, 3.05) is 9.80 Å². The summed E-state index contributed by atoms with van der Waals surface area (Å²) in [4.78, 5) is 4.82. The van der Waals surface area contributed by atoms with Crippen LogP contribution in [0.1, 0.15) is 22.3 Å². The molecule has 0 amide bonds. The number of hydrogen-bond donors (Lipinski definition) is 0. The Hall–Kier alpha value is -8.34. The maximum atomic E-state index is 6.69. The molecule has 0 radical (unpaired) electrons. The van der Waals surface area contributed by atoms with E-state index in [9.17, 15) is 0 Å². The molecule has 4 nitrogen and oxygen atoms in total. The Morgan fingerprint density at radius 1 is 0.317 bits per heavy atom. The highest BCUT2D eigenvalue weighted by Gasteiger charge is 2.52. The monoisotopic (exact) mass is 806 g/mol. The van der Waals surface area contributed by atoms with Crippen LogP contribution in [0.2, 0.25) is 0 Å². The molecule has 1 aliphatic carbocycles. The highest BCUT2D eigenvalue weighted by atomic mass is 16.5. The molecular formula is C59H38N2O2.